The molecule has 0 aromatic heterocycles. The maximum absolute atomic E-state index is 12.7. The molecule has 0 unspecified atom stereocenters. The minimum Gasteiger partial charge on any atom is -0.323 e. The first-order valence-corrected chi connectivity index (χ1v) is 23.4. The van der Waals surface area contributed by atoms with E-state index in [0.29, 0.717) is 36.6 Å². The molecule has 0 heterocycles. The Kier molecular flexibility index (Phi) is 16.5. The van der Waals surface area contributed by atoms with E-state index in [-0.39, 0.29) is 44.2 Å². The van der Waals surface area contributed by atoms with E-state index in [0.717, 1.165) is 29.2 Å². The number of carbonyl (C=O) groups is 2. The van der Waals surface area contributed by atoms with E-state index in [2.05, 4.69) is 91.8 Å². The van der Waals surface area contributed by atoms with Gasteiger partial charge in [-0.05, 0) is 69.3 Å². The van der Waals surface area contributed by atoms with Gasteiger partial charge in [-0.15, -0.1) is 6.42 Å². The quantitative estimate of drug-likeness (QED) is 0.110. The van der Waals surface area contributed by atoms with E-state index >= 15 is 0 Å². The van der Waals surface area contributed by atoms with Crippen molar-refractivity contribution >= 4 is 78.1 Å². The monoisotopic (exact) mass is 898 g/mol. The van der Waals surface area contributed by atoms with E-state index in [1.54, 1.807) is 25.1 Å². The van der Waals surface area contributed by atoms with Gasteiger partial charge in [-0.1, -0.05) is 126 Å². The van der Waals surface area contributed by atoms with Crippen LogP contribution in [0.2, 0.25) is 10.0 Å². The summed E-state index contributed by atoms with van der Waals surface area (Å²) in [5, 5.41) is 5.94. The summed E-state index contributed by atoms with van der Waals surface area (Å²) >= 11 is 12.5. The predicted octanol–water partition coefficient (Wildman–Crippen LogP) is 9.89. The Morgan fingerprint density at radius 3 is 1.35 bits per heavy atom. The fourth-order valence-corrected chi connectivity index (χ4v) is 7.29. The molecule has 60 heavy (non-hydrogen) atoms. The van der Waals surface area contributed by atoms with Gasteiger partial charge in [0.05, 0.1) is 50.9 Å². The lowest BCUT2D eigenvalue weighted by atomic mass is 9.87. The Bertz CT molecular complexity index is 2440. The molecule has 0 fully saturated rings. The number of hydrogen-bond donors (Lipinski definition) is 4. The Balaban J connectivity index is 0.000000320. The maximum atomic E-state index is 12.7. The predicted molar refractivity (Wildman–Crippen MR) is 248 cm³/mol. The molecule has 4 amide bonds. The summed E-state index contributed by atoms with van der Waals surface area (Å²) in [6, 6.07) is 21.7. The molecule has 12 nitrogen and oxygen atoms in total. The van der Waals surface area contributed by atoms with E-state index in [9.17, 15) is 26.4 Å². The van der Waals surface area contributed by atoms with Crippen LogP contribution in [0.1, 0.15) is 81.8 Å². The van der Waals surface area contributed by atoms with Crippen molar-refractivity contribution in [1.82, 2.24) is 9.80 Å². The number of urea groups is 2. The lowest BCUT2D eigenvalue weighted by Crippen LogP contribution is -2.31. The van der Waals surface area contributed by atoms with Gasteiger partial charge in [-0.2, -0.15) is 0 Å². The van der Waals surface area contributed by atoms with Crippen LogP contribution < -0.4 is 20.1 Å². The number of amides is 4. The molecule has 0 atom stereocenters. The summed E-state index contributed by atoms with van der Waals surface area (Å²) in [6.45, 7) is 15.7. The molecule has 0 bridgehead atoms. The lowest BCUT2D eigenvalue weighted by Gasteiger charge is -2.22. The Morgan fingerprint density at radius 1 is 0.633 bits per heavy atom. The minimum atomic E-state index is -3.52. The van der Waals surface area contributed by atoms with Crippen LogP contribution in [0.3, 0.4) is 0 Å². The molecule has 4 aromatic rings. The number of carbonyl (C=O) groups excluding carboxylic acids is 2. The van der Waals surface area contributed by atoms with Gasteiger partial charge in [0.15, 0.2) is 0 Å². The highest BCUT2D eigenvalue weighted by Crippen LogP contribution is 2.32. The van der Waals surface area contributed by atoms with Gasteiger partial charge >= 0.3 is 12.1 Å². The zero-order valence-corrected chi connectivity index (χ0v) is 39.2. The third-order valence-corrected chi connectivity index (χ3v) is 10.9. The second kappa shape index (κ2) is 20.1. The summed E-state index contributed by atoms with van der Waals surface area (Å²) < 4.78 is 50.8. The molecule has 4 aromatic carbocycles. The largest absolute Gasteiger partial charge is 0.323 e. The molecule has 0 saturated heterocycles. The van der Waals surface area contributed by atoms with Crippen molar-refractivity contribution in [1.29, 1.82) is 0 Å². The second-order valence-electron chi connectivity index (χ2n) is 16.6. The number of nitrogens with zero attached hydrogens (tertiary/aromatic N) is 2. The number of sulfonamides is 2. The molecule has 0 radical (unpaired) electrons. The fraction of sp³-hybridized carbons (Fsp3) is 0.364. The third kappa shape index (κ3) is 15.3. The van der Waals surface area contributed by atoms with Crippen LogP contribution in [0.5, 0.6) is 0 Å². The smallest absolute Gasteiger partial charge is 0.321 e. The van der Waals surface area contributed by atoms with E-state index in [4.69, 9.17) is 29.6 Å². The summed E-state index contributed by atoms with van der Waals surface area (Å²) in [5.74, 6) is 2.39. The van der Waals surface area contributed by atoms with Gasteiger partial charge < -0.3 is 20.4 Å². The topological polar surface area (TPSA) is 157 Å². The molecular weight excluding hydrogens is 844 g/mol. The molecule has 324 valence electrons. The molecule has 0 aliphatic heterocycles. The Morgan fingerprint density at radius 2 is 1.00 bits per heavy atom. The Hall–Kier alpha value is -4.94. The van der Waals surface area contributed by atoms with Crippen molar-refractivity contribution in [2.24, 2.45) is 0 Å². The van der Waals surface area contributed by atoms with Crippen molar-refractivity contribution in [3.05, 3.63) is 116 Å². The lowest BCUT2D eigenvalue weighted by molar-refractivity contribution is 0.220. The fourth-order valence-electron chi connectivity index (χ4n) is 5.71. The number of anilines is 4. The SMILES string of the molecule is C#Cc1cc(NC(=O)N(C)Cc2ccc(C(C)(C)C)cc2)c(Cl)cc1NS(C)(=O)=O.CCc1cc(NC(=O)N(C)Cc2ccc(C(C)(C)C)cc2)c(Cl)cc1NS(C)(=O)=O. The molecule has 0 spiro atoms. The maximum Gasteiger partial charge on any atom is 0.321 e. The van der Waals surface area contributed by atoms with Crippen LogP contribution in [0.4, 0.5) is 32.3 Å². The molecule has 0 aliphatic carbocycles. The standard InChI is InChI=1S/C22H30ClN3O3S.C22H26ClN3O3S/c2*1-7-16-12-20(18(23)13-19(16)25-30(6,28)29)24-21(27)26(5)14-15-8-10-17(11-9-15)22(2,3)4/h8-13,25H,7,14H2,1-6H3,(H,24,27);1,8-13,25H,14H2,2-6H3,(H,24,27). The van der Waals surface area contributed by atoms with Crippen molar-refractivity contribution < 1.29 is 26.4 Å². The normalized spacial score (nSPS) is 11.7. The van der Waals surface area contributed by atoms with Gasteiger partial charge in [0.25, 0.3) is 0 Å². The van der Waals surface area contributed by atoms with Crippen LogP contribution in [0.15, 0.2) is 72.8 Å². The van der Waals surface area contributed by atoms with Gasteiger partial charge in [0, 0.05) is 27.2 Å². The van der Waals surface area contributed by atoms with Crippen LogP contribution in [0, 0.1) is 12.3 Å². The van der Waals surface area contributed by atoms with E-state index in [1.807, 2.05) is 31.2 Å². The minimum absolute atomic E-state index is 0.0609. The molecule has 4 rings (SSSR count). The third-order valence-electron chi connectivity index (χ3n) is 9.08. The molecule has 0 aliphatic rings. The number of benzene rings is 4. The molecular formula is C44H56Cl2N6O6S2. The van der Waals surface area contributed by atoms with Crippen LogP contribution in [0.25, 0.3) is 0 Å². The average Bonchev–Trinajstić information content (AvgIpc) is 3.12. The number of nitrogens with one attached hydrogen (secondary N) is 4. The van der Waals surface area contributed by atoms with Crippen LogP contribution in [-0.2, 0) is 50.4 Å². The number of rotatable bonds is 11. The molecule has 4 N–H and O–H groups in total. The second-order valence-corrected chi connectivity index (χ2v) is 20.9. The first-order valence-electron chi connectivity index (χ1n) is 18.9. The molecule has 0 saturated carbocycles. The van der Waals surface area contributed by atoms with Gasteiger partial charge in [0.1, 0.15) is 0 Å². The summed E-state index contributed by atoms with van der Waals surface area (Å²) in [5.41, 5.74) is 6.93. The highest BCUT2D eigenvalue weighted by atomic mass is 35.5. The van der Waals surface area contributed by atoms with Gasteiger partial charge in [0.2, 0.25) is 20.0 Å². The van der Waals surface area contributed by atoms with E-state index in [1.165, 1.54) is 34.2 Å². The van der Waals surface area contributed by atoms with Crippen LogP contribution in [-0.4, -0.2) is 65.3 Å². The zero-order chi connectivity index (χ0) is 45.4. The van der Waals surface area contributed by atoms with Gasteiger partial charge in [-0.25, -0.2) is 26.4 Å². The molecule has 16 heteroatoms. The van der Waals surface area contributed by atoms with Gasteiger partial charge in [-0.3, -0.25) is 9.44 Å². The number of hydrogen-bond acceptors (Lipinski definition) is 6. The first kappa shape index (κ1) is 49.4. The zero-order valence-electron chi connectivity index (χ0n) is 36.0. The van der Waals surface area contributed by atoms with Crippen molar-refractivity contribution in [2.75, 3.05) is 46.7 Å². The summed E-state index contributed by atoms with van der Waals surface area (Å²) in [7, 11) is -3.57. The van der Waals surface area contributed by atoms with Crippen molar-refractivity contribution in [3.8, 4) is 12.3 Å². The van der Waals surface area contributed by atoms with Crippen molar-refractivity contribution in [2.45, 2.75) is 78.8 Å². The summed E-state index contributed by atoms with van der Waals surface area (Å²) in [4.78, 5) is 28.3. The number of aryl methyl sites for hydroxylation is 1. The highest BCUT2D eigenvalue weighted by molar-refractivity contribution is 7.92. The number of halogens is 2. The Labute approximate surface area is 366 Å². The highest BCUT2D eigenvalue weighted by Gasteiger charge is 2.19. The number of terminal acetylenes is 1. The van der Waals surface area contributed by atoms with E-state index < -0.39 is 20.0 Å². The average molecular weight is 900 g/mol. The van der Waals surface area contributed by atoms with Crippen LogP contribution >= 0.6 is 23.2 Å². The van der Waals surface area contributed by atoms with Crippen molar-refractivity contribution in [3.63, 3.8) is 0 Å². The first-order chi connectivity index (χ1) is 27.6. The summed E-state index contributed by atoms with van der Waals surface area (Å²) in [6.07, 6.45) is 8.15.